The van der Waals surface area contributed by atoms with E-state index in [4.69, 9.17) is 5.73 Å². The number of likely N-dealkylation sites (N-methyl/N-ethyl adjacent to an activating group) is 1. The Labute approximate surface area is 229 Å². The zero-order valence-electron chi connectivity index (χ0n) is 21.8. The summed E-state index contributed by atoms with van der Waals surface area (Å²) in [6.45, 7) is 0. The van der Waals surface area contributed by atoms with Crippen molar-refractivity contribution < 1.29 is 27.5 Å². The first-order valence-corrected chi connectivity index (χ1v) is 12.4. The van der Waals surface area contributed by atoms with E-state index in [-0.39, 0.29) is 12.0 Å². The third-order valence-corrected chi connectivity index (χ3v) is 6.51. The van der Waals surface area contributed by atoms with Crippen molar-refractivity contribution in [3.05, 3.63) is 125 Å². The maximum atomic E-state index is 14.2. The van der Waals surface area contributed by atoms with Gasteiger partial charge in [0.2, 0.25) is 0 Å². The predicted octanol–water partition coefficient (Wildman–Crippen LogP) is 4.90. The highest BCUT2D eigenvalue weighted by Gasteiger charge is 2.29. The van der Waals surface area contributed by atoms with Crippen molar-refractivity contribution in [1.29, 1.82) is 0 Å². The molecule has 0 saturated heterocycles. The number of pyridine rings is 1. The van der Waals surface area contributed by atoms with Crippen molar-refractivity contribution in [1.82, 2.24) is 15.2 Å². The summed E-state index contributed by atoms with van der Waals surface area (Å²) in [7, 11) is 3.48. The highest BCUT2D eigenvalue weighted by atomic mass is 19.1. The normalized spacial score (nSPS) is 13.7. The van der Waals surface area contributed by atoms with Gasteiger partial charge in [0.15, 0.2) is 0 Å². The fourth-order valence-electron chi connectivity index (χ4n) is 4.74. The second-order valence-corrected chi connectivity index (χ2v) is 9.60. The monoisotopic (exact) mass is 552 g/mol. The number of nitrogens with zero attached hydrogens (tertiary/aromatic N) is 2. The van der Waals surface area contributed by atoms with E-state index in [1.807, 2.05) is 0 Å². The summed E-state index contributed by atoms with van der Waals surface area (Å²) in [5.74, 6) is -3.69. The van der Waals surface area contributed by atoms with Crippen molar-refractivity contribution in [3.8, 4) is 11.1 Å². The van der Waals surface area contributed by atoms with Crippen LogP contribution in [0, 0.1) is 23.3 Å². The van der Waals surface area contributed by atoms with Gasteiger partial charge in [-0.2, -0.15) is 0 Å². The van der Waals surface area contributed by atoms with E-state index in [9.17, 15) is 27.5 Å². The molecule has 0 aliphatic carbocycles. The molecule has 3 unspecified atom stereocenters. The van der Waals surface area contributed by atoms with Crippen LogP contribution in [0.4, 0.5) is 17.6 Å². The lowest BCUT2D eigenvalue weighted by atomic mass is 9.93. The number of hydrogen-bond acceptors (Lipinski definition) is 5. The first-order chi connectivity index (χ1) is 19.0. The van der Waals surface area contributed by atoms with Gasteiger partial charge in [-0.05, 0) is 79.7 Å². The Balaban J connectivity index is 1.79. The minimum Gasteiger partial charge on any atom is -0.377 e. The van der Waals surface area contributed by atoms with E-state index in [0.29, 0.717) is 27.9 Å². The van der Waals surface area contributed by atoms with Crippen molar-refractivity contribution in [2.45, 2.75) is 24.7 Å². The summed E-state index contributed by atoms with van der Waals surface area (Å²) in [5, 5.41) is 14.5. The van der Waals surface area contributed by atoms with Crippen LogP contribution in [0.1, 0.15) is 39.3 Å². The molecule has 3 atom stereocenters. The molecule has 4 rings (SSSR count). The third kappa shape index (κ3) is 6.71. The molecule has 1 amide bonds. The molecular weight excluding hydrogens is 524 g/mol. The van der Waals surface area contributed by atoms with E-state index < -0.39 is 47.5 Å². The number of nitrogens with one attached hydrogen (secondary N) is 1. The Morgan fingerprint density at radius 2 is 1.62 bits per heavy atom. The van der Waals surface area contributed by atoms with Crippen molar-refractivity contribution >= 4 is 5.91 Å². The van der Waals surface area contributed by atoms with Crippen molar-refractivity contribution in [3.63, 3.8) is 0 Å². The van der Waals surface area contributed by atoms with Gasteiger partial charge < -0.3 is 10.8 Å². The van der Waals surface area contributed by atoms with Gasteiger partial charge >= 0.3 is 0 Å². The molecule has 0 fully saturated rings. The van der Waals surface area contributed by atoms with Gasteiger partial charge in [-0.25, -0.2) is 17.6 Å². The molecule has 40 heavy (non-hydrogen) atoms. The Kier molecular flexibility index (Phi) is 8.93. The minimum absolute atomic E-state index is 0.00317. The Bertz CT molecular complexity index is 1480. The largest absolute Gasteiger partial charge is 0.377 e. The van der Waals surface area contributed by atoms with Crippen LogP contribution < -0.4 is 11.1 Å². The fraction of sp³-hybridized carbons (Fsp3) is 0.200. The Morgan fingerprint density at radius 1 is 0.950 bits per heavy atom. The standard InChI is InChI=1S/C30H28F4N4O2/c1-38(2)28(18-5-8-20(31)9-6-18)30(40)37-26(14-17-12-21(32)16-22(33)13-17)27-23(4-3-11-36-27)19-7-10-25(34)24(15-19)29(35)39/h3-13,15-16,26,28,30,37,40H,14H2,1-2H3,(H2,35,39). The predicted molar refractivity (Wildman–Crippen MR) is 143 cm³/mol. The van der Waals surface area contributed by atoms with Crippen LogP contribution in [0.2, 0.25) is 0 Å². The quantitative estimate of drug-likeness (QED) is 0.192. The molecule has 3 aromatic carbocycles. The summed E-state index contributed by atoms with van der Waals surface area (Å²) in [4.78, 5) is 18.0. The molecular formula is C30H28F4N4O2. The number of aliphatic hydroxyl groups excluding tert-OH is 1. The van der Waals surface area contributed by atoms with Gasteiger partial charge in [0, 0.05) is 17.8 Å². The van der Waals surface area contributed by atoms with Crippen molar-refractivity contribution in [2.24, 2.45) is 5.73 Å². The SMILES string of the molecule is CN(C)C(c1ccc(F)cc1)C(O)NC(Cc1cc(F)cc(F)c1)c1ncccc1-c1ccc(F)c(C(N)=O)c1. The first kappa shape index (κ1) is 28.9. The first-order valence-electron chi connectivity index (χ1n) is 12.4. The van der Waals surface area contributed by atoms with Crippen LogP contribution in [0.25, 0.3) is 11.1 Å². The highest BCUT2D eigenvalue weighted by Crippen LogP contribution is 2.32. The number of nitrogens with two attached hydrogens (primary N) is 1. The van der Waals surface area contributed by atoms with Crippen molar-refractivity contribution in [2.75, 3.05) is 14.1 Å². The topological polar surface area (TPSA) is 91.5 Å². The number of benzene rings is 3. The van der Waals surface area contributed by atoms with E-state index >= 15 is 0 Å². The van der Waals surface area contributed by atoms with Crippen LogP contribution in [0.5, 0.6) is 0 Å². The number of halogens is 4. The van der Waals surface area contributed by atoms with E-state index in [0.717, 1.165) is 12.1 Å². The zero-order chi connectivity index (χ0) is 29.0. The van der Waals surface area contributed by atoms with E-state index in [1.54, 1.807) is 43.3 Å². The van der Waals surface area contributed by atoms with Crippen LogP contribution in [-0.4, -0.2) is 41.2 Å². The Hall–Kier alpha value is -4.12. The van der Waals surface area contributed by atoms with Gasteiger partial charge in [0.1, 0.15) is 29.5 Å². The maximum absolute atomic E-state index is 14.2. The zero-order valence-corrected chi connectivity index (χ0v) is 21.8. The second-order valence-electron chi connectivity index (χ2n) is 9.60. The number of rotatable bonds is 10. The molecule has 0 radical (unpaired) electrons. The van der Waals surface area contributed by atoms with E-state index in [1.165, 1.54) is 42.6 Å². The minimum atomic E-state index is -1.26. The lowest BCUT2D eigenvalue weighted by molar-refractivity contribution is 0.0379. The van der Waals surface area contributed by atoms with Crippen LogP contribution >= 0.6 is 0 Å². The van der Waals surface area contributed by atoms with Gasteiger partial charge in [0.05, 0.1) is 23.3 Å². The summed E-state index contributed by atoms with van der Waals surface area (Å²) < 4.78 is 56.0. The smallest absolute Gasteiger partial charge is 0.251 e. The molecule has 10 heteroatoms. The molecule has 0 spiro atoms. The average molecular weight is 553 g/mol. The van der Waals surface area contributed by atoms with Crippen LogP contribution in [0.3, 0.4) is 0 Å². The average Bonchev–Trinajstić information content (AvgIpc) is 2.89. The molecule has 0 bridgehead atoms. The Morgan fingerprint density at radius 3 is 2.25 bits per heavy atom. The van der Waals surface area contributed by atoms with Gasteiger partial charge in [-0.3, -0.25) is 20.0 Å². The van der Waals surface area contributed by atoms with Gasteiger partial charge in [-0.1, -0.05) is 24.3 Å². The molecule has 208 valence electrons. The number of aromatic nitrogens is 1. The number of aliphatic hydroxyl groups is 1. The third-order valence-electron chi connectivity index (χ3n) is 6.51. The second kappa shape index (κ2) is 12.4. The summed E-state index contributed by atoms with van der Waals surface area (Å²) >= 11 is 0. The highest BCUT2D eigenvalue weighted by molar-refractivity contribution is 5.94. The molecule has 4 N–H and O–H groups in total. The fourth-order valence-corrected chi connectivity index (χ4v) is 4.74. The number of hydrogen-bond donors (Lipinski definition) is 3. The molecule has 0 aliphatic rings. The number of carbonyl (C=O) groups is 1. The van der Waals surface area contributed by atoms with E-state index in [2.05, 4.69) is 10.3 Å². The van der Waals surface area contributed by atoms with Crippen LogP contribution in [-0.2, 0) is 6.42 Å². The molecule has 4 aromatic rings. The molecule has 0 aliphatic heterocycles. The van der Waals surface area contributed by atoms with Gasteiger partial charge in [0.25, 0.3) is 5.91 Å². The number of primary amides is 1. The summed E-state index contributed by atoms with van der Waals surface area (Å²) in [5.41, 5.74) is 7.21. The van der Waals surface area contributed by atoms with Gasteiger partial charge in [-0.15, -0.1) is 0 Å². The molecule has 1 aromatic heterocycles. The number of amides is 1. The molecule has 6 nitrogen and oxygen atoms in total. The molecule has 1 heterocycles. The molecule has 0 saturated carbocycles. The summed E-state index contributed by atoms with van der Waals surface area (Å²) in [6.07, 6.45) is 0.255. The maximum Gasteiger partial charge on any atom is 0.251 e. The lowest BCUT2D eigenvalue weighted by Crippen LogP contribution is -2.43. The lowest BCUT2D eigenvalue weighted by Gasteiger charge is -2.33. The summed E-state index contributed by atoms with van der Waals surface area (Å²) in [6, 6.07) is 14.5. The number of carbonyl (C=O) groups excluding carboxylic acids is 1. The van der Waals surface area contributed by atoms with Crippen LogP contribution in [0.15, 0.2) is 79.0 Å².